The van der Waals surface area contributed by atoms with Gasteiger partial charge in [-0.1, -0.05) is 248 Å². The van der Waals surface area contributed by atoms with Crippen LogP contribution in [0.3, 0.4) is 0 Å². The van der Waals surface area contributed by atoms with Gasteiger partial charge in [0.1, 0.15) is 6.54 Å². The number of halogens is 2. The van der Waals surface area contributed by atoms with Crippen molar-refractivity contribution in [1.82, 2.24) is 72.9 Å². The minimum Gasteiger partial charge on any atom is -0.391 e. The summed E-state index contributed by atoms with van der Waals surface area (Å²) in [6, 6.07) is 73.5. The number of aromatic nitrogens is 1. The van der Waals surface area contributed by atoms with Crippen LogP contribution < -0.4 is 99.0 Å². The van der Waals surface area contributed by atoms with E-state index in [0.29, 0.717) is 139 Å². The number of hydrogen-bond acceptors (Lipinski definition) is 18. The Kier molecular flexibility index (Phi) is 46.1. The fourth-order valence-corrected chi connectivity index (χ4v) is 17.6. The van der Waals surface area contributed by atoms with Gasteiger partial charge in [-0.2, -0.15) is 0 Å². The zero-order valence-corrected chi connectivity index (χ0v) is 86.0. The van der Waals surface area contributed by atoms with Gasteiger partial charge in [0.05, 0.1) is 60.5 Å². The number of aliphatic hydroxyl groups is 1. The molecule has 16 rings (SSSR count). The Balaban J connectivity index is 0.000000171. The predicted octanol–water partition coefficient (Wildman–Crippen LogP) is 11.2. The molecule has 10 aromatic carbocycles. The van der Waals surface area contributed by atoms with E-state index in [4.69, 9.17) is 69.1 Å². The number of likely N-dealkylation sites (tertiary alicyclic amines) is 3. The molecule has 5 aliphatic rings. The van der Waals surface area contributed by atoms with E-state index in [1.807, 2.05) is 189 Å². The third-order valence-electron chi connectivity index (χ3n) is 25.5. The van der Waals surface area contributed by atoms with Crippen molar-refractivity contribution in [3.8, 4) is 0 Å². The van der Waals surface area contributed by atoms with Gasteiger partial charge < -0.3 is 86.9 Å². The minimum absolute atomic E-state index is 0.00867. The molecule has 14 amide bonds. The molecule has 150 heavy (non-hydrogen) atoms. The van der Waals surface area contributed by atoms with Crippen molar-refractivity contribution in [2.45, 2.75) is 148 Å². The molecule has 41 heteroatoms. The number of aliphatic imine (C=N–C) groups is 7. The normalized spacial score (nSPS) is 16.4. The van der Waals surface area contributed by atoms with Gasteiger partial charge in [-0.05, 0) is 179 Å². The monoisotopic (exact) mass is 2080 g/mol. The SMILES string of the molecule is CN1CCCC1CCNC(=O)NC(N)=NCc1cccc2ccccc12.Cc1ccccc1CNC(=O)NC(N)=NCCc1ccccn1.NC(=NC1CCCCC1O)NC(=O)NCc1cccc(Cl)c1Cl.NC(=NCc1cccc2ccccc12)NC(=O)NCCC[N+]1=CC=NC1.NC(=O)C1CCCN(C(=O)NC(N)=NCc2cccc3ccccc23)C1.NC(=O)C1CCN(C(=O)NC(N)=NCc2cccc3ccccc23)CC1. The molecule has 27 N–H and O–H groups in total. The van der Waals surface area contributed by atoms with Crippen LogP contribution >= 0.6 is 23.2 Å². The Hall–Kier alpha value is -16.4. The van der Waals surface area contributed by atoms with Crippen molar-refractivity contribution in [2.75, 3.05) is 72.6 Å². The molecule has 4 unspecified atom stereocenters. The van der Waals surface area contributed by atoms with Crippen LogP contribution in [0.2, 0.25) is 10.0 Å². The van der Waals surface area contributed by atoms with Gasteiger partial charge in [0.2, 0.25) is 18.5 Å². The van der Waals surface area contributed by atoms with E-state index in [-0.39, 0.29) is 102 Å². The summed E-state index contributed by atoms with van der Waals surface area (Å²) in [6.07, 6.45) is 15.9. The molecule has 0 radical (unpaired) electrons. The third-order valence-corrected chi connectivity index (χ3v) is 26.3. The van der Waals surface area contributed by atoms with E-state index in [9.17, 15) is 43.5 Å². The number of rotatable bonds is 25. The number of guanidine groups is 6. The molecule has 0 bridgehead atoms. The van der Waals surface area contributed by atoms with Gasteiger partial charge >= 0.3 is 36.2 Å². The van der Waals surface area contributed by atoms with Gasteiger partial charge in [0, 0.05) is 95.6 Å². The number of urea groups is 6. The Morgan fingerprint density at radius 2 is 0.860 bits per heavy atom. The van der Waals surface area contributed by atoms with Crippen LogP contribution in [0.4, 0.5) is 28.8 Å². The topological polar surface area (TPSA) is 597 Å². The lowest BCUT2D eigenvalue weighted by Crippen LogP contribution is -2.51. The summed E-state index contributed by atoms with van der Waals surface area (Å²) in [5.41, 5.74) is 53.5. The standard InChI is InChI=1S/C20H27N5O.C19H22N6O.2C19H23N5O2.C17H21N5O.C15H20Cl2N4O2/c1-25-13-5-9-17(25)11-12-22-20(26)24-19(21)23-14-16-8-4-7-15-6-2-3-10-18(15)16;20-18(24-19(26)22-9-4-11-25-12-10-21-14-25)23-13-16-7-3-6-15-5-1-2-8-17(15)16;20-17(25)15-8-4-10-24(12-15)19(26)23-18(21)22-11-14-7-3-6-13-5-1-2-9-16(13)14;20-17(25)14-8-10-24(11-9-14)19(26)23-18(21)22-12-15-6-3-5-13-4-1-2-7-16(13)15;1-13-6-2-3-7-14(13)12-21-17(23)22-16(18)20-11-9-15-8-4-5-10-19-15;16-10-5-3-4-9(13(10)17)8-19-15(23)21-14(18)20-11-6-1-2-7-12(11)22/h2-4,6-8,10,17H,5,9,11-14H2,1H3,(H4,21,22,23,24,26);1-3,5-8,10,12H,4,9,11,13-14H2,(H3-,20,22,23,24,26);1-3,5-7,9,15H,4,8,10-12H2,(H2,20,25)(H3,21,22,23,26);1-7,14H,8-12H2,(H2,20,25)(H3,21,22,23,26);2-8,10H,9,11-12H2,1H3,(H4,18,20,21,22,23);3-5,11-12,22H,1-2,6-8H2,(H4,18,19,20,21,23)/p+1. The van der Waals surface area contributed by atoms with E-state index in [2.05, 4.69) is 146 Å². The van der Waals surface area contributed by atoms with E-state index in [0.717, 1.165) is 128 Å². The van der Waals surface area contributed by atoms with Crippen molar-refractivity contribution in [2.24, 2.45) is 92.7 Å². The molecule has 4 fully saturated rings. The second-order valence-electron chi connectivity index (χ2n) is 36.2. The Bertz CT molecular complexity index is 6620. The van der Waals surface area contributed by atoms with Gasteiger partial charge in [0.25, 0.3) is 0 Å². The minimum atomic E-state index is -0.502. The number of amides is 14. The Morgan fingerprint density at radius 3 is 1.35 bits per heavy atom. The highest BCUT2D eigenvalue weighted by atomic mass is 35.5. The molecule has 39 nitrogen and oxygen atoms in total. The molecule has 11 aromatic rings. The fourth-order valence-electron chi connectivity index (χ4n) is 17.2. The first-order chi connectivity index (χ1) is 72.6. The van der Waals surface area contributed by atoms with Crippen molar-refractivity contribution < 1.29 is 48.0 Å². The van der Waals surface area contributed by atoms with Crippen LogP contribution in [-0.2, 0) is 55.3 Å². The number of primary amides is 2. The molecule has 3 saturated heterocycles. The summed E-state index contributed by atoms with van der Waals surface area (Å²) in [7, 11) is 2.13. The van der Waals surface area contributed by atoms with Crippen LogP contribution in [0.1, 0.15) is 122 Å². The number of pyridine rings is 1. The molecule has 1 aromatic heterocycles. The molecule has 1 aliphatic carbocycles. The molecule has 0 spiro atoms. The maximum absolute atomic E-state index is 12.3. The van der Waals surface area contributed by atoms with Crippen molar-refractivity contribution in [3.05, 3.63) is 291 Å². The number of carbonyl (C=O) groups is 8. The van der Waals surface area contributed by atoms with Crippen molar-refractivity contribution in [1.29, 1.82) is 0 Å². The van der Waals surface area contributed by atoms with Gasteiger partial charge in [0.15, 0.2) is 42.0 Å². The van der Waals surface area contributed by atoms with Crippen molar-refractivity contribution in [3.63, 3.8) is 0 Å². The lowest BCUT2D eigenvalue weighted by molar-refractivity contribution is -0.517. The highest BCUT2D eigenvalue weighted by Crippen LogP contribution is 2.29. The molecule has 4 atom stereocenters. The number of benzene rings is 10. The van der Waals surface area contributed by atoms with Gasteiger partial charge in [-0.25, -0.2) is 63.3 Å². The summed E-state index contributed by atoms with van der Waals surface area (Å²) in [6.45, 7) is 10.5. The highest BCUT2D eigenvalue weighted by molar-refractivity contribution is 6.42. The summed E-state index contributed by atoms with van der Waals surface area (Å²) in [5.74, 6) is -0.663. The number of fused-ring (bicyclic) bond motifs is 4. The number of nitrogens with two attached hydrogens (primary N) is 8. The maximum Gasteiger partial charge on any atom is 0.324 e. The number of nitrogens with zero attached hydrogens (tertiary/aromatic N) is 12. The first-order valence-corrected chi connectivity index (χ1v) is 50.7. The summed E-state index contributed by atoms with van der Waals surface area (Å²) in [4.78, 5) is 134. The van der Waals surface area contributed by atoms with E-state index < -0.39 is 12.1 Å². The van der Waals surface area contributed by atoms with E-state index in [1.54, 1.807) is 40.4 Å². The second-order valence-corrected chi connectivity index (χ2v) is 37.0. The molecular formula is C109H137Cl2N30O9+. The average Bonchev–Trinajstić information content (AvgIpc) is 1.06. The number of carbonyl (C=O) groups excluding carboxylic acids is 8. The second kappa shape index (κ2) is 60.6. The van der Waals surface area contributed by atoms with Crippen LogP contribution in [-0.4, -0.2) is 216 Å². The zero-order valence-electron chi connectivity index (χ0n) is 84.5. The van der Waals surface area contributed by atoms with Gasteiger partial charge in [-0.3, -0.25) is 51.5 Å². The van der Waals surface area contributed by atoms with Crippen LogP contribution in [0, 0.1) is 18.8 Å². The zero-order chi connectivity index (χ0) is 107. The van der Waals surface area contributed by atoms with Gasteiger partial charge in [-0.15, -0.1) is 0 Å². The van der Waals surface area contributed by atoms with Crippen LogP contribution in [0.25, 0.3) is 43.1 Å². The Labute approximate surface area is 882 Å². The summed E-state index contributed by atoms with van der Waals surface area (Å²) >= 11 is 12.0. The number of piperidine rings is 2. The molecule has 1 saturated carbocycles. The largest absolute Gasteiger partial charge is 0.391 e. The number of aryl methyl sites for hydroxylation is 1. The lowest BCUT2D eigenvalue weighted by Gasteiger charge is -2.31. The first kappa shape index (κ1) is 114. The quantitative estimate of drug-likeness (QED) is 0.0109. The predicted molar refractivity (Wildman–Crippen MR) is 596 cm³/mol. The summed E-state index contributed by atoms with van der Waals surface area (Å²) < 4.78 is 2.08. The van der Waals surface area contributed by atoms with Crippen LogP contribution in [0.15, 0.2) is 272 Å². The molecule has 4 aliphatic heterocycles. The number of nitrogens with one attached hydrogen (secondary N) is 10. The molecule has 790 valence electrons. The smallest absolute Gasteiger partial charge is 0.324 e. The summed E-state index contributed by atoms with van der Waals surface area (Å²) in [5, 5.41) is 46.1. The average molecular weight is 2080 g/mol. The van der Waals surface area contributed by atoms with Crippen LogP contribution in [0.5, 0.6) is 0 Å². The number of hydrogen-bond donors (Lipinski definition) is 19. The van der Waals surface area contributed by atoms with E-state index in [1.165, 1.54) is 18.2 Å². The van der Waals surface area contributed by atoms with Crippen molar-refractivity contribution >= 4 is 162 Å². The van der Waals surface area contributed by atoms with E-state index >= 15 is 0 Å². The first-order valence-electron chi connectivity index (χ1n) is 50.0. The third kappa shape index (κ3) is 38.5. The highest BCUT2D eigenvalue weighted by Gasteiger charge is 2.30. The molecular weight excluding hydrogens is 1940 g/mol. The maximum atomic E-state index is 12.3. The fraction of sp³-hybridized carbons (Fsp3) is 0.330. The lowest BCUT2D eigenvalue weighted by atomic mass is 9.93. The molecule has 5 heterocycles. The number of aliphatic hydroxyl groups excluding tert-OH is 1. The Morgan fingerprint density at radius 1 is 0.427 bits per heavy atom.